The minimum atomic E-state index is -0.931. The first-order valence-corrected chi connectivity index (χ1v) is 5.41. The minimum Gasteiger partial charge on any atom is -0.481 e. The lowest BCUT2D eigenvalue weighted by molar-refractivity contribution is -0.136. The fraction of sp³-hybridized carbons (Fsp3) is 0.167. The van der Waals surface area contributed by atoms with Crippen LogP contribution in [0.5, 0.6) is 0 Å². The standard InChI is InChI=1S/C12H10ClNO3/c13-9-3-1-8(2-4-9)5-11-14-7-10(17-11)6-12(15)16/h1-4,7H,5-6H2,(H,15,16). The molecule has 17 heavy (non-hydrogen) atoms. The molecule has 4 nitrogen and oxygen atoms in total. The first kappa shape index (κ1) is 11.7. The second-order valence-corrected chi connectivity index (χ2v) is 4.03. The molecule has 0 saturated heterocycles. The molecule has 0 fully saturated rings. The third-order valence-electron chi connectivity index (χ3n) is 2.20. The van der Waals surface area contributed by atoms with Crippen molar-refractivity contribution >= 4 is 17.6 Å². The zero-order valence-corrected chi connectivity index (χ0v) is 9.65. The van der Waals surface area contributed by atoms with Gasteiger partial charge in [0, 0.05) is 11.4 Å². The maximum atomic E-state index is 10.5. The van der Waals surface area contributed by atoms with Crippen LogP contribution in [0, 0.1) is 0 Å². The molecule has 0 aliphatic carbocycles. The molecule has 0 bridgehead atoms. The summed E-state index contributed by atoms with van der Waals surface area (Å²) in [5.74, 6) is -0.0655. The van der Waals surface area contributed by atoms with Gasteiger partial charge in [0.1, 0.15) is 12.2 Å². The average molecular weight is 252 g/mol. The summed E-state index contributed by atoms with van der Waals surface area (Å²) >= 11 is 5.77. The van der Waals surface area contributed by atoms with Gasteiger partial charge < -0.3 is 9.52 Å². The van der Waals surface area contributed by atoms with E-state index in [0.29, 0.717) is 23.1 Å². The molecule has 0 unspecified atom stereocenters. The molecular formula is C12H10ClNO3. The zero-order chi connectivity index (χ0) is 12.3. The van der Waals surface area contributed by atoms with Gasteiger partial charge in [0.25, 0.3) is 0 Å². The van der Waals surface area contributed by atoms with Gasteiger partial charge in [0.05, 0.1) is 6.20 Å². The highest BCUT2D eigenvalue weighted by Gasteiger charge is 2.08. The molecule has 2 aromatic rings. The number of carbonyl (C=O) groups is 1. The van der Waals surface area contributed by atoms with Crippen molar-refractivity contribution in [1.82, 2.24) is 4.98 Å². The van der Waals surface area contributed by atoms with Crippen molar-refractivity contribution < 1.29 is 14.3 Å². The maximum absolute atomic E-state index is 10.5. The maximum Gasteiger partial charge on any atom is 0.311 e. The highest BCUT2D eigenvalue weighted by atomic mass is 35.5. The Hall–Kier alpha value is -1.81. The fourth-order valence-corrected chi connectivity index (χ4v) is 1.56. The molecule has 0 atom stereocenters. The van der Waals surface area contributed by atoms with Crippen LogP contribution < -0.4 is 0 Å². The van der Waals surface area contributed by atoms with Crippen LogP contribution in [0.3, 0.4) is 0 Å². The number of carboxylic acid groups (broad SMARTS) is 1. The number of aliphatic carboxylic acids is 1. The molecule has 2 rings (SSSR count). The molecule has 0 saturated carbocycles. The van der Waals surface area contributed by atoms with Crippen LogP contribution in [-0.2, 0) is 17.6 Å². The fourth-order valence-electron chi connectivity index (χ4n) is 1.44. The summed E-state index contributed by atoms with van der Waals surface area (Å²) in [6.07, 6.45) is 1.82. The number of hydrogen-bond acceptors (Lipinski definition) is 3. The van der Waals surface area contributed by atoms with Gasteiger partial charge in [-0.05, 0) is 17.7 Å². The number of carboxylic acids is 1. The number of hydrogen-bond donors (Lipinski definition) is 1. The molecule has 1 N–H and O–H groups in total. The van der Waals surface area contributed by atoms with Gasteiger partial charge in [-0.15, -0.1) is 0 Å². The van der Waals surface area contributed by atoms with E-state index < -0.39 is 5.97 Å². The van der Waals surface area contributed by atoms with Gasteiger partial charge in [0.15, 0.2) is 5.89 Å². The van der Waals surface area contributed by atoms with Crippen molar-refractivity contribution in [3.8, 4) is 0 Å². The number of aromatic nitrogens is 1. The molecule has 5 heteroatoms. The van der Waals surface area contributed by atoms with E-state index in [1.54, 1.807) is 12.1 Å². The van der Waals surface area contributed by atoms with E-state index in [2.05, 4.69) is 4.98 Å². The monoisotopic (exact) mass is 251 g/mol. The van der Waals surface area contributed by atoms with Crippen molar-refractivity contribution in [2.24, 2.45) is 0 Å². The van der Waals surface area contributed by atoms with E-state index in [1.165, 1.54) is 6.20 Å². The van der Waals surface area contributed by atoms with Crippen LogP contribution in [0.15, 0.2) is 34.9 Å². The Labute approximate surface area is 103 Å². The van der Waals surface area contributed by atoms with Gasteiger partial charge in [-0.25, -0.2) is 4.98 Å². The van der Waals surface area contributed by atoms with Gasteiger partial charge in [0.2, 0.25) is 0 Å². The minimum absolute atomic E-state index is 0.145. The Bertz CT molecular complexity index is 519. The highest BCUT2D eigenvalue weighted by molar-refractivity contribution is 6.30. The van der Waals surface area contributed by atoms with Crippen molar-refractivity contribution in [3.63, 3.8) is 0 Å². The van der Waals surface area contributed by atoms with Crippen LogP contribution >= 0.6 is 11.6 Å². The highest BCUT2D eigenvalue weighted by Crippen LogP contribution is 2.14. The Morgan fingerprint density at radius 2 is 2.06 bits per heavy atom. The smallest absolute Gasteiger partial charge is 0.311 e. The summed E-state index contributed by atoms with van der Waals surface area (Å²) < 4.78 is 5.30. The van der Waals surface area contributed by atoms with Crippen LogP contribution in [0.2, 0.25) is 5.02 Å². The van der Waals surface area contributed by atoms with E-state index in [4.69, 9.17) is 21.1 Å². The lowest BCUT2D eigenvalue weighted by Crippen LogP contribution is -1.98. The van der Waals surface area contributed by atoms with Crippen LogP contribution in [0.4, 0.5) is 0 Å². The summed E-state index contributed by atoms with van der Waals surface area (Å²) in [5, 5.41) is 9.27. The Balaban J connectivity index is 2.06. The lowest BCUT2D eigenvalue weighted by Gasteiger charge is -1.97. The van der Waals surface area contributed by atoms with E-state index in [9.17, 15) is 4.79 Å². The van der Waals surface area contributed by atoms with Crippen molar-refractivity contribution in [2.75, 3.05) is 0 Å². The van der Waals surface area contributed by atoms with Crippen molar-refractivity contribution in [3.05, 3.63) is 52.7 Å². The number of benzene rings is 1. The van der Waals surface area contributed by atoms with Gasteiger partial charge in [-0.2, -0.15) is 0 Å². The van der Waals surface area contributed by atoms with Crippen LogP contribution in [0.25, 0.3) is 0 Å². The third kappa shape index (κ3) is 3.32. The predicted octanol–water partition coefficient (Wildman–Crippen LogP) is 2.55. The Kier molecular flexibility index (Phi) is 3.44. The zero-order valence-electron chi connectivity index (χ0n) is 8.89. The normalized spacial score (nSPS) is 10.4. The summed E-state index contributed by atoms with van der Waals surface area (Å²) in [7, 11) is 0. The lowest BCUT2D eigenvalue weighted by atomic mass is 10.1. The van der Waals surface area contributed by atoms with Crippen molar-refractivity contribution in [1.29, 1.82) is 0 Å². The van der Waals surface area contributed by atoms with E-state index >= 15 is 0 Å². The average Bonchev–Trinajstić information content (AvgIpc) is 2.68. The number of rotatable bonds is 4. The molecule has 0 radical (unpaired) electrons. The molecule has 0 amide bonds. The number of oxazole rings is 1. The van der Waals surface area contributed by atoms with Crippen molar-refractivity contribution in [2.45, 2.75) is 12.8 Å². The van der Waals surface area contributed by atoms with Gasteiger partial charge >= 0.3 is 5.97 Å². The summed E-state index contributed by atoms with van der Waals surface area (Å²) in [5.41, 5.74) is 1.01. The van der Waals surface area contributed by atoms with Crippen LogP contribution in [-0.4, -0.2) is 16.1 Å². The molecular weight excluding hydrogens is 242 g/mol. The van der Waals surface area contributed by atoms with E-state index in [1.807, 2.05) is 12.1 Å². The Morgan fingerprint density at radius 1 is 1.35 bits per heavy atom. The van der Waals surface area contributed by atoms with Crippen LogP contribution in [0.1, 0.15) is 17.2 Å². The number of nitrogens with zero attached hydrogens (tertiary/aromatic N) is 1. The van der Waals surface area contributed by atoms with E-state index in [-0.39, 0.29) is 6.42 Å². The summed E-state index contributed by atoms with van der Waals surface area (Å²) in [4.78, 5) is 14.5. The summed E-state index contributed by atoms with van der Waals surface area (Å²) in [6, 6.07) is 7.34. The largest absolute Gasteiger partial charge is 0.481 e. The first-order chi connectivity index (χ1) is 8.13. The second-order valence-electron chi connectivity index (χ2n) is 3.59. The quantitative estimate of drug-likeness (QED) is 0.907. The molecule has 88 valence electrons. The molecule has 1 aromatic carbocycles. The second kappa shape index (κ2) is 5.01. The number of halogens is 1. The van der Waals surface area contributed by atoms with Gasteiger partial charge in [-0.1, -0.05) is 23.7 Å². The first-order valence-electron chi connectivity index (χ1n) is 5.03. The third-order valence-corrected chi connectivity index (χ3v) is 2.45. The predicted molar refractivity (Wildman–Crippen MR) is 62.1 cm³/mol. The summed E-state index contributed by atoms with van der Waals surface area (Å²) in [6.45, 7) is 0. The molecule has 0 spiro atoms. The van der Waals surface area contributed by atoms with Gasteiger partial charge in [-0.3, -0.25) is 4.79 Å². The SMILES string of the molecule is O=C(O)Cc1cnc(Cc2ccc(Cl)cc2)o1. The molecule has 1 aromatic heterocycles. The topological polar surface area (TPSA) is 63.3 Å². The molecule has 0 aliphatic heterocycles. The molecule has 1 heterocycles. The molecule has 0 aliphatic rings. The Morgan fingerprint density at radius 3 is 2.71 bits per heavy atom. The van der Waals surface area contributed by atoms with E-state index in [0.717, 1.165) is 5.56 Å².